The van der Waals surface area contributed by atoms with E-state index in [1.807, 2.05) is 0 Å². The van der Waals surface area contributed by atoms with Crippen molar-refractivity contribution >= 4 is 9.84 Å². The molecule has 0 spiro atoms. The standard InChI is InChI=1S/C8H16O4S/c9-4-1-7-13(10,11)8-2-5-12-6-3-8/h8-9H,1-7H2. The van der Waals surface area contributed by atoms with E-state index in [0.29, 0.717) is 32.5 Å². The summed E-state index contributed by atoms with van der Waals surface area (Å²) >= 11 is 0. The number of ether oxygens (including phenoxy) is 1. The van der Waals surface area contributed by atoms with Gasteiger partial charge in [0.25, 0.3) is 0 Å². The quantitative estimate of drug-likeness (QED) is 0.704. The summed E-state index contributed by atoms with van der Waals surface area (Å²) in [5.74, 6) is 0.105. The van der Waals surface area contributed by atoms with E-state index in [2.05, 4.69) is 0 Å². The van der Waals surface area contributed by atoms with E-state index in [4.69, 9.17) is 9.84 Å². The highest BCUT2D eigenvalue weighted by molar-refractivity contribution is 7.92. The molecule has 1 aliphatic heterocycles. The number of hydrogen-bond donors (Lipinski definition) is 1. The molecule has 78 valence electrons. The summed E-state index contributed by atoms with van der Waals surface area (Å²) in [5.41, 5.74) is 0. The highest BCUT2D eigenvalue weighted by Gasteiger charge is 2.26. The first-order valence-electron chi connectivity index (χ1n) is 4.57. The van der Waals surface area contributed by atoms with Crippen LogP contribution in [0.15, 0.2) is 0 Å². The van der Waals surface area contributed by atoms with Gasteiger partial charge in [-0.2, -0.15) is 0 Å². The zero-order valence-electron chi connectivity index (χ0n) is 7.61. The van der Waals surface area contributed by atoms with Crippen molar-refractivity contribution in [1.29, 1.82) is 0 Å². The minimum Gasteiger partial charge on any atom is -0.396 e. The van der Waals surface area contributed by atoms with Gasteiger partial charge in [0, 0.05) is 19.8 Å². The number of hydrogen-bond acceptors (Lipinski definition) is 4. The molecule has 0 bridgehead atoms. The summed E-state index contributed by atoms with van der Waals surface area (Å²) in [6, 6.07) is 0. The van der Waals surface area contributed by atoms with Gasteiger partial charge in [-0.25, -0.2) is 8.42 Å². The number of aliphatic hydroxyl groups is 1. The third-order valence-electron chi connectivity index (χ3n) is 2.26. The molecule has 0 atom stereocenters. The summed E-state index contributed by atoms with van der Waals surface area (Å²) in [4.78, 5) is 0. The van der Waals surface area contributed by atoms with Crippen molar-refractivity contribution < 1.29 is 18.3 Å². The van der Waals surface area contributed by atoms with E-state index in [0.717, 1.165) is 0 Å². The number of aliphatic hydroxyl groups excluding tert-OH is 1. The lowest BCUT2D eigenvalue weighted by Crippen LogP contribution is -2.30. The number of rotatable bonds is 4. The minimum atomic E-state index is -2.99. The van der Waals surface area contributed by atoms with Crippen LogP contribution in [0.2, 0.25) is 0 Å². The molecule has 0 unspecified atom stereocenters. The van der Waals surface area contributed by atoms with Crippen LogP contribution in [0.5, 0.6) is 0 Å². The Hall–Kier alpha value is -0.130. The van der Waals surface area contributed by atoms with Gasteiger partial charge in [-0.3, -0.25) is 0 Å². The predicted molar refractivity (Wildman–Crippen MR) is 49.3 cm³/mol. The van der Waals surface area contributed by atoms with Gasteiger partial charge in [-0.05, 0) is 19.3 Å². The highest BCUT2D eigenvalue weighted by Crippen LogP contribution is 2.16. The Morgan fingerprint density at radius 1 is 1.31 bits per heavy atom. The molecule has 1 N–H and O–H groups in total. The fourth-order valence-corrected chi connectivity index (χ4v) is 3.24. The second-order valence-electron chi connectivity index (χ2n) is 3.26. The molecule has 0 amide bonds. The smallest absolute Gasteiger partial charge is 0.153 e. The molecule has 0 saturated carbocycles. The summed E-state index contributed by atoms with van der Waals surface area (Å²) in [6.07, 6.45) is 1.56. The predicted octanol–water partition coefficient (Wildman–Crippen LogP) is -0.0374. The summed E-state index contributed by atoms with van der Waals surface area (Å²) in [6.45, 7) is 1.04. The molecule has 1 rings (SSSR count). The van der Waals surface area contributed by atoms with Crippen molar-refractivity contribution in [2.24, 2.45) is 0 Å². The molecule has 1 fully saturated rings. The van der Waals surface area contributed by atoms with E-state index < -0.39 is 9.84 Å². The Bertz CT molecular complexity index is 229. The van der Waals surface area contributed by atoms with Gasteiger partial charge in [0.05, 0.1) is 11.0 Å². The Morgan fingerprint density at radius 3 is 2.46 bits per heavy atom. The zero-order chi connectivity index (χ0) is 9.73. The van der Waals surface area contributed by atoms with Crippen molar-refractivity contribution in [1.82, 2.24) is 0 Å². The summed E-state index contributed by atoms with van der Waals surface area (Å²) in [7, 11) is -2.99. The maximum Gasteiger partial charge on any atom is 0.153 e. The van der Waals surface area contributed by atoms with Crippen LogP contribution in [0, 0.1) is 0 Å². The van der Waals surface area contributed by atoms with Crippen molar-refractivity contribution in [3.63, 3.8) is 0 Å². The first-order valence-corrected chi connectivity index (χ1v) is 6.28. The van der Waals surface area contributed by atoms with Crippen molar-refractivity contribution in [3.05, 3.63) is 0 Å². The Morgan fingerprint density at radius 2 is 1.92 bits per heavy atom. The molecule has 13 heavy (non-hydrogen) atoms. The van der Waals surface area contributed by atoms with Crippen LogP contribution in [0.3, 0.4) is 0 Å². The van der Waals surface area contributed by atoms with Crippen LogP contribution in [0.1, 0.15) is 19.3 Å². The molecule has 0 aromatic carbocycles. The molecular formula is C8H16O4S. The normalized spacial score (nSPS) is 20.4. The maximum atomic E-state index is 11.6. The molecule has 0 radical (unpaired) electrons. The van der Waals surface area contributed by atoms with Gasteiger partial charge in [0.2, 0.25) is 0 Å². The third-order valence-corrected chi connectivity index (χ3v) is 4.61. The van der Waals surface area contributed by atoms with Gasteiger partial charge >= 0.3 is 0 Å². The minimum absolute atomic E-state index is 0.0531. The molecule has 1 heterocycles. The highest BCUT2D eigenvalue weighted by atomic mass is 32.2. The first-order chi connectivity index (χ1) is 6.17. The Labute approximate surface area is 78.8 Å². The lowest BCUT2D eigenvalue weighted by atomic mass is 10.2. The van der Waals surface area contributed by atoms with Crippen LogP contribution >= 0.6 is 0 Å². The van der Waals surface area contributed by atoms with Gasteiger partial charge in [0.15, 0.2) is 9.84 Å². The second-order valence-corrected chi connectivity index (χ2v) is 5.66. The van der Waals surface area contributed by atoms with E-state index in [9.17, 15) is 8.42 Å². The van der Waals surface area contributed by atoms with Crippen LogP contribution in [-0.2, 0) is 14.6 Å². The van der Waals surface area contributed by atoms with E-state index in [-0.39, 0.29) is 17.6 Å². The Kier molecular flexibility index (Phi) is 4.15. The second kappa shape index (κ2) is 4.93. The molecule has 5 heteroatoms. The lowest BCUT2D eigenvalue weighted by Gasteiger charge is -2.21. The van der Waals surface area contributed by atoms with Crippen LogP contribution in [-0.4, -0.2) is 44.3 Å². The van der Waals surface area contributed by atoms with Crippen LogP contribution < -0.4 is 0 Å². The third kappa shape index (κ3) is 3.25. The van der Waals surface area contributed by atoms with Crippen LogP contribution in [0.4, 0.5) is 0 Å². The van der Waals surface area contributed by atoms with Gasteiger partial charge < -0.3 is 9.84 Å². The van der Waals surface area contributed by atoms with Gasteiger partial charge in [-0.15, -0.1) is 0 Å². The fourth-order valence-electron chi connectivity index (χ4n) is 1.47. The zero-order valence-corrected chi connectivity index (χ0v) is 8.42. The molecule has 0 aromatic rings. The number of sulfone groups is 1. The Balaban J connectivity index is 2.47. The topological polar surface area (TPSA) is 63.6 Å². The molecule has 0 aromatic heterocycles. The summed E-state index contributed by atoms with van der Waals surface area (Å²) < 4.78 is 28.2. The van der Waals surface area contributed by atoms with E-state index in [1.165, 1.54) is 0 Å². The average molecular weight is 208 g/mol. The maximum absolute atomic E-state index is 11.6. The molecule has 1 saturated heterocycles. The SMILES string of the molecule is O=S(=O)(CCCO)C1CCOCC1. The van der Waals surface area contributed by atoms with Gasteiger partial charge in [0.1, 0.15) is 0 Å². The van der Waals surface area contributed by atoms with Crippen molar-refractivity contribution in [3.8, 4) is 0 Å². The lowest BCUT2D eigenvalue weighted by molar-refractivity contribution is 0.0983. The molecular weight excluding hydrogens is 192 g/mol. The van der Waals surface area contributed by atoms with Gasteiger partial charge in [-0.1, -0.05) is 0 Å². The monoisotopic (exact) mass is 208 g/mol. The van der Waals surface area contributed by atoms with Crippen molar-refractivity contribution in [2.75, 3.05) is 25.6 Å². The van der Waals surface area contributed by atoms with Crippen molar-refractivity contribution in [2.45, 2.75) is 24.5 Å². The van der Waals surface area contributed by atoms with Crippen LogP contribution in [0.25, 0.3) is 0 Å². The molecule has 4 nitrogen and oxygen atoms in total. The largest absolute Gasteiger partial charge is 0.396 e. The first kappa shape index (κ1) is 10.9. The average Bonchev–Trinajstić information content (AvgIpc) is 2.16. The fraction of sp³-hybridized carbons (Fsp3) is 1.00. The van der Waals surface area contributed by atoms with E-state index >= 15 is 0 Å². The molecule has 0 aliphatic carbocycles. The van der Waals surface area contributed by atoms with E-state index in [1.54, 1.807) is 0 Å². The summed E-state index contributed by atoms with van der Waals surface area (Å²) in [5, 5.41) is 8.30. The molecule has 1 aliphatic rings.